The maximum absolute atomic E-state index is 11.3. The molecule has 4 heteroatoms. The van der Waals surface area contributed by atoms with Crippen molar-refractivity contribution in [2.45, 2.75) is 32.6 Å². The Bertz CT molecular complexity index is 461. The molecule has 2 atom stereocenters. The van der Waals surface area contributed by atoms with Gasteiger partial charge in [0.1, 0.15) is 0 Å². The van der Waals surface area contributed by atoms with Gasteiger partial charge in [0.15, 0.2) is 0 Å². The molecule has 0 heterocycles. The Morgan fingerprint density at radius 3 is 2.84 bits per heavy atom. The topological polar surface area (TPSA) is 49.3 Å². The van der Waals surface area contributed by atoms with E-state index in [0.29, 0.717) is 21.6 Å². The number of anilines is 1. The molecule has 0 bridgehead atoms. The molecular weight excluding hydrogens is 306 g/mol. The second-order valence-electron chi connectivity index (χ2n) is 5.37. The summed E-state index contributed by atoms with van der Waals surface area (Å²) in [6.07, 6.45) is 5.15. The lowest BCUT2D eigenvalue weighted by atomic mass is 9.80. The lowest BCUT2D eigenvalue weighted by Gasteiger charge is -2.29. The highest BCUT2D eigenvalue weighted by atomic mass is 79.9. The first kappa shape index (κ1) is 14.4. The predicted octanol–water partition coefficient (Wildman–Crippen LogP) is 4.39. The van der Waals surface area contributed by atoms with Crippen molar-refractivity contribution in [3.05, 3.63) is 28.2 Å². The van der Waals surface area contributed by atoms with Crippen molar-refractivity contribution in [1.82, 2.24) is 0 Å². The van der Waals surface area contributed by atoms with E-state index in [9.17, 15) is 9.90 Å². The molecule has 0 spiro atoms. The van der Waals surface area contributed by atoms with Crippen molar-refractivity contribution in [3.63, 3.8) is 0 Å². The Labute approximate surface area is 122 Å². The van der Waals surface area contributed by atoms with E-state index in [1.165, 1.54) is 25.7 Å². The maximum Gasteiger partial charge on any atom is 0.338 e. The van der Waals surface area contributed by atoms with Crippen LogP contribution in [0, 0.1) is 11.8 Å². The van der Waals surface area contributed by atoms with Gasteiger partial charge in [-0.1, -0.05) is 32.3 Å². The zero-order valence-electron chi connectivity index (χ0n) is 11.2. The third-order valence-corrected chi connectivity index (χ3v) is 4.73. The third-order valence-electron chi connectivity index (χ3n) is 4.07. The molecule has 0 amide bonds. The van der Waals surface area contributed by atoms with Crippen LogP contribution in [0.15, 0.2) is 22.7 Å². The van der Waals surface area contributed by atoms with Gasteiger partial charge in [-0.3, -0.25) is 0 Å². The molecule has 0 radical (unpaired) electrons. The number of nitrogens with one attached hydrogen (secondary N) is 1. The van der Waals surface area contributed by atoms with Crippen LogP contribution in [0.4, 0.5) is 5.69 Å². The fraction of sp³-hybridized carbons (Fsp3) is 0.533. The Balaban J connectivity index is 2.07. The molecule has 2 unspecified atom stereocenters. The molecule has 1 aromatic rings. The van der Waals surface area contributed by atoms with Crippen LogP contribution in [0.25, 0.3) is 0 Å². The van der Waals surface area contributed by atoms with Gasteiger partial charge >= 0.3 is 5.97 Å². The van der Waals surface area contributed by atoms with Gasteiger partial charge in [-0.25, -0.2) is 4.79 Å². The highest BCUT2D eigenvalue weighted by molar-refractivity contribution is 9.10. The summed E-state index contributed by atoms with van der Waals surface area (Å²) in [4.78, 5) is 11.3. The van der Waals surface area contributed by atoms with E-state index in [1.807, 2.05) is 12.1 Å². The van der Waals surface area contributed by atoms with E-state index in [4.69, 9.17) is 0 Å². The van der Waals surface area contributed by atoms with E-state index in [2.05, 4.69) is 28.2 Å². The molecule has 0 aliphatic heterocycles. The van der Waals surface area contributed by atoms with Gasteiger partial charge in [-0.15, -0.1) is 0 Å². The smallest absolute Gasteiger partial charge is 0.338 e. The Morgan fingerprint density at radius 1 is 1.42 bits per heavy atom. The van der Waals surface area contributed by atoms with E-state index in [0.717, 1.165) is 12.5 Å². The highest BCUT2D eigenvalue weighted by Crippen LogP contribution is 2.31. The molecule has 2 N–H and O–H groups in total. The molecule has 2 rings (SSSR count). The summed E-state index contributed by atoms with van der Waals surface area (Å²) in [5, 5.41) is 12.6. The average Bonchev–Trinajstić information content (AvgIpc) is 2.37. The third kappa shape index (κ3) is 3.50. The fourth-order valence-electron chi connectivity index (χ4n) is 2.83. The summed E-state index contributed by atoms with van der Waals surface area (Å²) in [6.45, 7) is 3.16. The lowest BCUT2D eigenvalue weighted by molar-refractivity contribution is 0.0697. The van der Waals surface area contributed by atoms with Crippen molar-refractivity contribution in [3.8, 4) is 0 Å². The van der Waals surface area contributed by atoms with Crippen LogP contribution in [-0.4, -0.2) is 17.6 Å². The Morgan fingerprint density at radius 2 is 2.16 bits per heavy atom. The number of hydrogen-bond acceptors (Lipinski definition) is 2. The minimum Gasteiger partial charge on any atom is -0.478 e. The quantitative estimate of drug-likeness (QED) is 0.863. The van der Waals surface area contributed by atoms with Crippen LogP contribution >= 0.6 is 15.9 Å². The molecule has 104 valence electrons. The molecular formula is C15H20BrNO2. The molecule has 1 saturated carbocycles. The van der Waals surface area contributed by atoms with Gasteiger partial charge in [0.05, 0.1) is 5.56 Å². The molecule has 0 aromatic heterocycles. The van der Waals surface area contributed by atoms with Crippen LogP contribution in [0.5, 0.6) is 0 Å². The van der Waals surface area contributed by atoms with Crippen molar-refractivity contribution in [1.29, 1.82) is 0 Å². The summed E-state index contributed by atoms with van der Waals surface area (Å²) in [5.41, 5.74) is 1.03. The summed E-state index contributed by atoms with van der Waals surface area (Å²) >= 11 is 3.30. The number of benzene rings is 1. The minimum absolute atomic E-state index is 0.325. The van der Waals surface area contributed by atoms with Crippen LogP contribution in [-0.2, 0) is 0 Å². The molecule has 19 heavy (non-hydrogen) atoms. The van der Waals surface area contributed by atoms with Crippen molar-refractivity contribution < 1.29 is 9.90 Å². The number of rotatable bonds is 4. The number of halogens is 1. The van der Waals surface area contributed by atoms with Crippen molar-refractivity contribution in [2.24, 2.45) is 11.8 Å². The summed E-state index contributed by atoms with van der Waals surface area (Å²) in [6, 6.07) is 5.46. The van der Waals surface area contributed by atoms with E-state index < -0.39 is 5.97 Å². The molecule has 0 saturated heterocycles. The first-order valence-corrected chi connectivity index (χ1v) is 7.64. The van der Waals surface area contributed by atoms with Crippen molar-refractivity contribution in [2.75, 3.05) is 11.9 Å². The number of carboxylic acids is 1. The summed E-state index contributed by atoms with van der Waals surface area (Å²) in [7, 11) is 0. The molecule has 1 aromatic carbocycles. The van der Waals surface area contributed by atoms with Crippen molar-refractivity contribution >= 4 is 27.6 Å². The largest absolute Gasteiger partial charge is 0.478 e. The molecule has 1 fully saturated rings. The molecule has 3 nitrogen and oxygen atoms in total. The Hall–Kier alpha value is -1.03. The average molecular weight is 326 g/mol. The standard InChI is InChI=1S/C15H20BrNO2/c1-10-5-2-3-6-11(10)9-17-13-8-4-7-12(16)14(13)15(18)19/h4,7-8,10-11,17H,2-3,5-6,9H2,1H3,(H,18,19). The van der Waals surface area contributed by atoms with Crippen LogP contribution in [0.2, 0.25) is 0 Å². The fourth-order valence-corrected chi connectivity index (χ4v) is 3.36. The van der Waals surface area contributed by atoms with Gasteiger partial charge in [-0.2, -0.15) is 0 Å². The number of carbonyl (C=O) groups is 1. The number of hydrogen-bond donors (Lipinski definition) is 2. The normalized spacial score (nSPS) is 23.1. The summed E-state index contributed by atoms with van der Waals surface area (Å²) in [5.74, 6) is 0.475. The first-order valence-electron chi connectivity index (χ1n) is 6.85. The molecule has 1 aliphatic rings. The minimum atomic E-state index is -0.897. The second-order valence-corrected chi connectivity index (χ2v) is 6.22. The van der Waals surface area contributed by atoms with E-state index in [1.54, 1.807) is 6.07 Å². The number of carboxylic acid groups (broad SMARTS) is 1. The van der Waals surface area contributed by atoms with Gasteiger partial charge in [0.25, 0.3) is 0 Å². The summed E-state index contributed by atoms with van der Waals surface area (Å²) < 4.78 is 0.627. The van der Waals surface area contributed by atoms with Crippen LogP contribution in [0.3, 0.4) is 0 Å². The van der Waals surface area contributed by atoms with Gasteiger partial charge in [-0.05, 0) is 46.3 Å². The van der Waals surface area contributed by atoms with Gasteiger partial charge in [0, 0.05) is 16.7 Å². The van der Waals surface area contributed by atoms with E-state index >= 15 is 0 Å². The zero-order chi connectivity index (χ0) is 13.8. The highest BCUT2D eigenvalue weighted by Gasteiger charge is 2.22. The van der Waals surface area contributed by atoms with Gasteiger partial charge in [0.2, 0.25) is 0 Å². The predicted molar refractivity (Wildman–Crippen MR) is 80.7 cm³/mol. The van der Waals surface area contributed by atoms with Crippen LogP contribution in [0.1, 0.15) is 43.0 Å². The van der Waals surface area contributed by atoms with E-state index in [-0.39, 0.29) is 0 Å². The monoisotopic (exact) mass is 325 g/mol. The maximum atomic E-state index is 11.3. The zero-order valence-corrected chi connectivity index (χ0v) is 12.7. The number of aromatic carboxylic acids is 1. The van der Waals surface area contributed by atoms with Crippen LogP contribution < -0.4 is 5.32 Å². The SMILES string of the molecule is CC1CCCCC1CNc1cccc(Br)c1C(=O)O. The molecule has 1 aliphatic carbocycles. The Kier molecular flexibility index (Phi) is 4.86. The first-order chi connectivity index (χ1) is 9.09. The lowest BCUT2D eigenvalue weighted by Crippen LogP contribution is -2.25. The van der Waals surface area contributed by atoms with Gasteiger partial charge < -0.3 is 10.4 Å². The second kappa shape index (κ2) is 6.42.